The van der Waals surface area contributed by atoms with Crippen molar-refractivity contribution in [3.05, 3.63) is 22.2 Å². The van der Waals surface area contributed by atoms with Gasteiger partial charge in [-0.3, -0.25) is 0 Å². The first kappa shape index (κ1) is 12.4. The van der Waals surface area contributed by atoms with Crippen LogP contribution in [0.2, 0.25) is 5.15 Å². The van der Waals surface area contributed by atoms with Gasteiger partial charge in [0.05, 0.1) is 0 Å². The normalized spacial score (nSPS) is 21.9. The van der Waals surface area contributed by atoms with Gasteiger partial charge in [0.15, 0.2) is 5.82 Å². The van der Waals surface area contributed by atoms with Crippen LogP contribution in [-0.4, -0.2) is 17.1 Å². The van der Waals surface area contributed by atoms with E-state index in [1.54, 1.807) is 7.11 Å². The number of methoxy groups -OCH3 is 1. The maximum atomic E-state index is 6.34. The lowest BCUT2D eigenvalue weighted by Gasteiger charge is -2.27. The van der Waals surface area contributed by atoms with Gasteiger partial charge in [0, 0.05) is 18.4 Å². The van der Waals surface area contributed by atoms with Gasteiger partial charge in [0.1, 0.15) is 10.8 Å². The zero-order valence-corrected chi connectivity index (χ0v) is 11.6. The van der Waals surface area contributed by atoms with Crippen molar-refractivity contribution >= 4 is 11.6 Å². The minimum atomic E-state index is -0.282. The molecule has 0 unspecified atom stereocenters. The lowest BCUT2D eigenvalue weighted by atomic mass is 9.95. The summed E-state index contributed by atoms with van der Waals surface area (Å²) >= 11 is 6.34. The molecule has 0 saturated heterocycles. The summed E-state index contributed by atoms with van der Waals surface area (Å²) in [6.45, 7) is 0. The van der Waals surface area contributed by atoms with E-state index in [0.717, 1.165) is 42.8 Å². The van der Waals surface area contributed by atoms with Crippen molar-refractivity contribution < 1.29 is 4.74 Å². The van der Waals surface area contributed by atoms with Crippen LogP contribution in [0.15, 0.2) is 0 Å². The highest BCUT2D eigenvalue weighted by Crippen LogP contribution is 2.41. The fourth-order valence-corrected chi connectivity index (χ4v) is 3.50. The molecule has 0 radical (unpaired) electrons. The van der Waals surface area contributed by atoms with E-state index in [2.05, 4.69) is 4.98 Å². The summed E-state index contributed by atoms with van der Waals surface area (Å²) in [5.41, 5.74) is 2.03. The summed E-state index contributed by atoms with van der Waals surface area (Å²) in [5, 5.41) is 0.651. The van der Waals surface area contributed by atoms with Crippen LogP contribution >= 0.6 is 11.6 Å². The smallest absolute Gasteiger partial charge is 0.162 e. The largest absolute Gasteiger partial charge is 0.370 e. The van der Waals surface area contributed by atoms with Gasteiger partial charge in [-0.15, -0.1) is 0 Å². The third kappa shape index (κ3) is 1.94. The second-order valence-corrected chi connectivity index (χ2v) is 5.73. The van der Waals surface area contributed by atoms with Gasteiger partial charge >= 0.3 is 0 Å². The molecule has 1 aromatic heterocycles. The van der Waals surface area contributed by atoms with Gasteiger partial charge in [-0.1, -0.05) is 11.6 Å². The molecule has 0 aromatic carbocycles. The maximum Gasteiger partial charge on any atom is 0.162 e. The Labute approximate surface area is 113 Å². The minimum absolute atomic E-state index is 0.282. The van der Waals surface area contributed by atoms with Gasteiger partial charge in [-0.05, 0) is 51.4 Å². The molecular weight excluding hydrogens is 248 g/mol. The van der Waals surface area contributed by atoms with Crippen molar-refractivity contribution in [3.8, 4) is 0 Å². The van der Waals surface area contributed by atoms with Crippen LogP contribution in [0.5, 0.6) is 0 Å². The zero-order valence-electron chi connectivity index (χ0n) is 10.8. The van der Waals surface area contributed by atoms with Crippen LogP contribution < -0.4 is 0 Å². The molecule has 0 bridgehead atoms. The van der Waals surface area contributed by atoms with Gasteiger partial charge < -0.3 is 4.74 Å². The van der Waals surface area contributed by atoms with E-state index in [9.17, 15) is 0 Å². The monoisotopic (exact) mass is 266 g/mol. The van der Waals surface area contributed by atoms with Crippen molar-refractivity contribution in [1.82, 2.24) is 9.97 Å². The standard InChI is InChI=1S/C14H19ClN2O/c1-18-14(8-4-5-9-14)13-16-11-7-3-2-6-10(11)12(15)17-13/h2-9H2,1H3. The Morgan fingerprint density at radius 1 is 1.06 bits per heavy atom. The van der Waals surface area contributed by atoms with Crippen molar-refractivity contribution in [2.45, 2.75) is 57.0 Å². The first-order chi connectivity index (χ1) is 8.75. The van der Waals surface area contributed by atoms with Gasteiger partial charge in [-0.25, -0.2) is 9.97 Å². The minimum Gasteiger partial charge on any atom is -0.370 e. The van der Waals surface area contributed by atoms with E-state index in [4.69, 9.17) is 21.3 Å². The molecule has 1 heterocycles. The highest BCUT2D eigenvalue weighted by atomic mass is 35.5. The SMILES string of the molecule is COC1(c2nc(Cl)c3c(n2)CCCC3)CCCC1. The number of hydrogen-bond acceptors (Lipinski definition) is 3. The van der Waals surface area contributed by atoms with Gasteiger partial charge in [-0.2, -0.15) is 0 Å². The quantitative estimate of drug-likeness (QED) is 0.770. The molecule has 98 valence electrons. The van der Waals surface area contributed by atoms with Crippen molar-refractivity contribution in [2.24, 2.45) is 0 Å². The lowest BCUT2D eigenvalue weighted by Crippen LogP contribution is -2.28. The number of rotatable bonds is 2. The molecule has 4 heteroatoms. The number of nitrogens with zero attached hydrogens (tertiary/aromatic N) is 2. The van der Waals surface area contributed by atoms with Crippen LogP contribution in [-0.2, 0) is 23.2 Å². The Balaban J connectivity index is 2.04. The van der Waals surface area contributed by atoms with E-state index in [1.807, 2.05) is 0 Å². The Morgan fingerprint density at radius 3 is 2.50 bits per heavy atom. The second-order valence-electron chi connectivity index (χ2n) is 5.38. The highest BCUT2D eigenvalue weighted by molar-refractivity contribution is 6.30. The number of fused-ring (bicyclic) bond motifs is 1. The molecule has 1 fully saturated rings. The second kappa shape index (κ2) is 4.78. The first-order valence-electron chi connectivity index (χ1n) is 6.86. The number of halogens is 1. The molecule has 0 atom stereocenters. The number of aromatic nitrogens is 2. The molecule has 1 saturated carbocycles. The molecule has 0 spiro atoms. The third-order valence-electron chi connectivity index (χ3n) is 4.34. The van der Waals surface area contributed by atoms with Crippen molar-refractivity contribution in [2.75, 3.05) is 7.11 Å². The summed E-state index contributed by atoms with van der Waals surface area (Å²) in [4.78, 5) is 9.32. The van der Waals surface area contributed by atoms with Crippen LogP contribution in [0.3, 0.4) is 0 Å². The molecule has 18 heavy (non-hydrogen) atoms. The molecule has 1 aromatic rings. The van der Waals surface area contributed by atoms with E-state index in [-0.39, 0.29) is 5.60 Å². The van der Waals surface area contributed by atoms with Crippen LogP contribution in [0, 0.1) is 0 Å². The van der Waals surface area contributed by atoms with Gasteiger partial charge in [0.2, 0.25) is 0 Å². The lowest BCUT2D eigenvalue weighted by molar-refractivity contribution is -0.0165. The Morgan fingerprint density at radius 2 is 1.78 bits per heavy atom. The summed E-state index contributed by atoms with van der Waals surface area (Å²) in [5.74, 6) is 0.813. The van der Waals surface area contributed by atoms with E-state index < -0.39 is 0 Å². The van der Waals surface area contributed by atoms with Crippen LogP contribution in [0.25, 0.3) is 0 Å². The Bertz CT molecular complexity index is 455. The molecule has 2 aliphatic rings. The van der Waals surface area contributed by atoms with E-state index >= 15 is 0 Å². The predicted molar refractivity (Wildman–Crippen MR) is 70.8 cm³/mol. The molecule has 3 rings (SSSR count). The van der Waals surface area contributed by atoms with Crippen molar-refractivity contribution in [3.63, 3.8) is 0 Å². The number of hydrogen-bond donors (Lipinski definition) is 0. The molecule has 0 amide bonds. The summed E-state index contributed by atoms with van der Waals surface area (Å²) in [6.07, 6.45) is 8.86. The zero-order chi connectivity index (χ0) is 12.6. The van der Waals surface area contributed by atoms with E-state index in [1.165, 1.54) is 25.7 Å². The average molecular weight is 267 g/mol. The fraction of sp³-hybridized carbons (Fsp3) is 0.714. The molecule has 0 N–H and O–H groups in total. The molecular formula is C14H19ClN2O. The van der Waals surface area contributed by atoms with Crippen molar-refractivity contribution in [1.29, 1.82) is 0 Å². The third-order valence-corrected chi connectivity index (χ3v) is 4.65. The topological polar surface area (TPSA) is 35.0 Å². The Hall–Kier alpha value is -0.670. The molecule has 3 nitrogen and oxygen atoms in total. The van der Waals surface area contributed by atoms with Crippen LogP contribution in [0.1, 0.15) is 55.6 Å². The summed E-state index contributed by atoms with van der Waals surface area (Å²) in [6, 6.07) is 0. The van der Waals surface area contributed by atoms with Gasteiger partial charge in [0.25, 0.3) is 0 Å². The highest BCUT2D eigenvalue weighted by Gasteiger charge is 2.39. The number of ether oxygens (including phenoxy) is 1. The maximum absolute atomic E-state index is 6.34. The van der Waals surface area contributed by atoms with Crippen LogP contribution in [0.4, 0.5) is 0 Å². The fourth-order valence-electron chi connectivity index (χ4n) is 3.22. The summed E-state index contributed by atoms with van der Waals surface area (Å²) in [7, 11) is 1.77. The molecule has 0 aliphatic heterocycles. The number of aryl methyl sites for hydroxylation is 1. The first-order valence-corrected chi connectivity index (χ1v) is 7.24. The van der Waals surface area contributed by atoms with E-state index in [0.29, 0.717) is 5.15 Å². The molecule has 2 aliphatic carbocycles. The summed E-state index contributed by atoms with van der Waals surface area (Å²) < 4.78 is 5.75. The predicted octanol–water partition coefficient (Wildman–Crippen LogP) is 3.42. The average Bonchev–Trinajstić information content (AvgIpc) is 2.89. The Kier molecular flexibility index (Phi) is 3.29.